The molecule has 0 spiro atoms. The number of hydrogen-bond acceptors (Lipinski definition) is 4. The Morgan fingerprint density at radius 2 is 2.04 bits per heavy atom. The van der Waals surface area contributed by atoms with Crippen molar-refractivity contribution in [2.24, 2.45) is 7.05 Å². The Morgan fingerprint density at radius 1 is 1.30 bits per heavy atom. The van der Waals surface area contributed by atoms with E-state index in [2.05, 4.69) is 20.3 Å². The molecule has 27 heavy (non-hydrogen) atoms. The minimum atomic E-state index is -0.129. The second kappa shape index (κ2) is 7.66. The van der Waals surface area contributed by atoms with E-state index in [9.17, 15) is 4.79 Å². The number of benzene rings is 1. The predicted molar refractivity (Wildman–Crippen MR) is 108 cm³/mol. The molecule has 142 valence electrons. The molecule has 0 unspecified atom stereocenters. The van der Waals surface area contributed by atoms with Crippen LogP contribution in [0.5, 0.6) is 0 Å². The zero-order valence-electron chi connectivity index (χ0n) is 16.2. The van der Waals surface area contributed by atoms with Gasteiger partial charge in [-0.1, -0.05) is 23.7 Å². The van der Waals surface area contributed by atoms with Crippen LogP contribution in [0.4, 0.5) is 0 Å². The fourth-order valence-corrected chi connectivity index (χ4v) is 3.54. The van der Waals surface area contributed by atoms with Crippen LogP contribution in [-0.2, 0) is 7.05 Å². The third-order valence-electron chi connectivity index (χ3n) is 4.65. The number of nitrogens with zero attached hydrogens (tertiary/aromatic N) is 4. The van der Waals surface area contributed by atoms with E-state index in [1.54, 1.807) is 4.68 Å². The van der Waals surface area contributed by atoms with Gasteiger partial charge in [0.1, 0.15) is 0 Å². The lowest BCUT2D eigenvalue weighted by molar-refractivity contribution is 0.0943. The number of aryl methyl sites for hydroxylation is 3. The van der Waals surface area contributed by atoms with Crippen LogP contribution in [0.3, 0.4) is 0 Å². The normalized spacial score (nSPS) is 12.6. The van der Waals surface area contributed by atoms with E-state index in [1.165, 1.54) is 0 Å². The molecule has 0 radical (unpaired) electrons. The highest BCUT2D eigenvalue weighted by Gasteiger charge is 2.20. The molecular weight excluding hydrogens is 362 g/mol. The van der Waals surface area contributed by atoms with Crippen molar-refractivity contribution >= 4 is 28.5 Å². The maximum atomic E-state index is 13.0. The van der Waals surface area contributed by atoms with Crippen molar-refractivity contribution in [3.8, 4) is 0 Å². The molecule has 0 aliphatic heterocycles. The van der Waals surface area contributed by atoms with E-state index >= 15 is 0 Å². The van der Waals surface area contributed by atoms with E-state index < -0.39 is 0 Å². The Kier molecular flexibility index (Phi) is 5.48. The Hall–Kier alpha value is -2.44. The Bertz CT molecular complexity index is 995. The molecule has 2 aromatic heterocycles. The van der Waals surface area contributed by atoms with Crippen LogP contribution in [0.15, 0.2) is 30.3 Å². The Balaban J connectivity index is 1.88. The largest absolute Gasteiger partial charge is 0.350 e. The summed E-state index contributed by atoms with van der Waals surface area (Å²) in [5.74, 6) is -0.129. The second-order valence-electron chi connectivity index (χ2n) is 6.96. The third kappa shape index (κ3) is 3.96. The number of rotatable bonds is 5. The van der Waals surface area contributed by atoms with Gasteiger partial charge in [-0.05, 0) is 51.7 Å². The number of aromatic nitrogens is 3. The molecule has 1 N–H and O–H groups in total. The number of nitrogens with one attached hydrogen (secondary N) is 1. The van der Waals surface area contributed by atoms with Gasteiger partial charge < -0.3 is 10.2 Å². The standard InChI is InChI=1S/C20H24ClN5O/c1-12-9-16(18-13(2)24-26(5)19(18)23-12)20(27)22-11-17(25(3)4)14-7-6-8-15(21)10-14/h6-10,17H,11H2,1-5H3,(H,22,27)/t17-/m1/s1. The summed E-state index contributed by atoms with van der Waals surface area (Å²) in [7, 11) is 5.81. The maximum absolute atomic E-state index is 13.0. The molecule has 0 aliphatic rings. The van der Waals surface area contributed by atoms with Gasteiger partial charge in [-0.15, -0.1) is 0 Å². The molecule has 3 aromatic rings. The summed E-state index contributed by atoms with van der Waals surface area (Å²) in [5.41, 5.74) is 3.96. The van der Waals surface area contributed by atoms with Crippen molar-refractivity contribution in [3.05, 3.63) is 57.9 Å². The second-order valence-corrected chi connectivity index (χ2v) is 7.40. The minimum absolute atomic E-state index is 0.0149. The smallest absolute Gasteiger partial charge is 0.252 e. The summed E-state index contributed by atoms with van der Waals surface area (Å²) >= 11 is 6.13. The van der Waals surface area contributed by atoms with Crippen LogP contribution < -0.4 is 5.32 Å². The number of amides is 1. The molecule has 7 heteroatoms. The van der Waals surface area contributed by atoms with Gasteiger partial charge in [-0.25, -0.2) is 4.98 Å². The Morgan fingerprint density at radius 3 is 2.70 bits per heavy atom. The molecule has 0 saturated carbocycles. The van der Waals surface area contributed by atoms with Crippen LogP contribution in [0.25, 0.3) is 11.0 Å². The highest BCUT2D eigenvalue weighted by atomic mass is 35.5. The first-order chi connectivity index (χ1) is 12.8. The van der Waals surface area contributed by atoms with Gasteiger partial charge >= 0.3 is 0 Å². The molecule has 1 aromatic carbocycles. The number of fused-ring (bicyclic) bond motifs is 1. The van der Waals surface area contributed by atoms with Crippen LogP contribution in [0.2, 0.25) is 5.02 Å². The average molecular weight is 386 g/mol. The summed E-state index contributed by atoms with van der Waals surface area (Å²) in [4.78, 5) is 19.6. The lowest BCUT2D eigenvalue weighted by atomic mass is 10.1. The van der Waals surface area contributed by atoms with Crippen LogP contribution in [0, 0.1) is 13.8 Å². The fourth-order valence-electron chi connectivity index (χ4n) is 3.35. The van der Waals surface area contributed by atoms with Crippen molar-refractivity contribution in [2.75, 3.05) is 20.6 Å². The molecule has 0 bridgehead atoms. The molecule has 0 fully saturated rings. The van der Waals surface area contributed by atoms with E-state index in [0.717, 1.165) is 28.0 Å². The summed E-state index contributed by atoms with van der Waals surface area (Å²) in [6, 6.07) is 9.54. The van der Waals surface area contributed by atoms with E-state index in [1.807, 2.05) is 65.3 Å². The van der Waals surface area contributed by atoms with Crippen molar-refractivity contribution in [2.45, 2.75) is 19.9 Å². The van der Waals surface area contributed by atoms with Crippen LogP contribution >= 0.6 is 11.6 Å². The summed E-state index contributed by atoms with van der Waals surface area (Å²) in [5, 5.41) is 8.95. The topological polar surface area (TPSA) is 63.1 Å². The predicted octanol–water partition coefficient (Wildman–Crippen LogP) is 3.27. The van der Waals surface area contributed by atoms with Crippen LogP contribution in [0.1, 0.15) is 33.4 Å². The number of halogens is 1. The Labute approximate surface area is 164 Å². The molecule has 3 rings (SSSR count). The fraction of sp³-hybridized carbons (Fsp3) is 0.350. The van der Waals surface area contributed by atoms with Crippen molar-refractivity contribution in [1.29, 1.82) is 0 Å². The van der Waals surface area contributed by atoms with Crippen LogP contribution in [-0.4, -0.2) is 46.2 Å². The van der Waals surface area contributed by atoms with Gasteiger partial charge in [0.05, 0.1) is 22.7 Å². The summed E-state index contributed by atoms with van der Waals surface area (Å²) in [6.07, 6.45) is 0. The van der Waals surface area contributed by atoms with Gasteiger partial charge in [0.2, 0.25) is 0 Å². The molecule has 0 aliphatic carbocycles. The first-order valence-electron chi connectivity index (χ1n) is 8.79. The maximum Gasteiger partial charge on any atom is 0.252 e. The highest BCUT2D eigenvalue weighted by molar-refractivity contribution is 6.30. The summed E-state index contributed by atoms with van der Waals surface area (Å²) in [6.45, 7) is 4.24. The zero-order valence-corrected chi connectivity index (χ0v) is 17.0. The quantitative estimate of drug-likeness (QED) is 0.732. The van der Waals surface area contributed by atoms with Gasteiger partial charge in [0, 0.05) is 24.3 Å². The number of hydrogen-bond donors (Lipinski definition) is 1. The first-order valence-corrected chi connectivity index (χ1v) is 9.16. The van der Waals surface area contributed by atoms with Gasteiger partial charge in [0.15, 0.2) is 5.65 Å². The highest BCUT2D eigenvalue weighted by Crippen LogP contribution is 2.23. The number of likely N-dealkylation sites (N-methyl/N-ethyl adjacent to an activating group) is 1. The molecular formula is C20H24ClN5O. The van der Waals surface area contributed by atoms with E-state index in [0.29, 0.717) is 17.1 Å². The average Bonchev–Trinajstić information content (AvgIpc) is 2.88. The third-order valence-corrected chi connectivity index (χ3v) is 4.89. The van der Waals surface area contributed by atoms with E-state index in [4.69, 9.17) is 11.6 Å². The lowest BCUT2D eigenvalue weighted by Crippen LogP contribution is -2.34. The van der Waals surface area contributed by atoms with Gasteiger partial charge in [-0.3, -0.25) is 9.48 Å². The first kappa shape index (κ1) is 19.3. The summed E-state index contributed by atoms with van der Waals surface area (Å²) < 4.78 is 1.71. The van der Waals surface area contributed by atoms with Gasteiger partial charge in [0.25, 0.3) is 5.91 Å². The number of carbonyl (C=O) groups is 1. The van der Waals surface area contributed by atoms with Gasteiger partial charge in [-0.2, -0.15) is 5.10 Å². The SMILES string of the molecule is Cc1cc(C(=O)NC[C@H](c2cccc(Cl)c2)N(C)C)c2c(C)nn(C)c2n1. The van der Waals surface area contributed by atoms with Crippen molar-refractivity contribution in [3.63, 3.8) is 0 Å². The number of pyridine rings is 1. The molecule has 1 atom stereocenters. The molecule has 6 nitrogen and oxygen atoms in total. The number of carbonyl (C=O) groups excluding carboxylic acids is 1. The molecule has 1 amide bonds. The monoisotopic (exact) mass is 385 g/mol. The minimum Gasteiger partial charge on any atom is -0.350 e. The molecule has 2 heterocycles. The molecule has 0 saturated heterocycles. The zero-order chi connectivity index (χ0) is 19.7. The lowest BCUT2D eigenvalue weighted by Gasteiger charge is -2.25. The van der Waals surface area contributed by atoms with Crippen molar-refractivity contribution in [1.82, 2.24) is 25.0 Å². The van der Waals surface area contributed by atoms with Crippen molar-refractivity contribution < 1.29 is 4.79 Å². The van der Waals surface area contributed by atoms with E-state index in [-0.39, 0.29) is 11.9 Å².